The zero-order valence-corrected chi connectivity index (χ0v) is 14.5. The van der Waals surface area contributed by atoms with Crippen molar-refractivity contribution in [3.8, 4) is 0 Å². The van der Waals surface area contributed by atoms with Gasteiger partial charge in [0.15, 0.2) is 4.67 Å². The average molecular weight is 373 g/mol. The molecule has 0 spiro atoms. The van der Waals surface area contributed by atoms with Gasteiger partial charge in [0.2, 0.25) is 10.0 Å². The van der Waals surface area contributed by atoms with E-state index in [0.717, 1.165) is 5.56 Å². The molecule has 0 saturated heterocycles. The molecular weight excluding hydrogens is 356 g/mol. The topological polar surface area (TPSA) is 76.5 Å². The average Bonchev–Trinajstić information content (AvgIpc) is 2.79. The smallest absolute Gasteiger partial charge is 0.243 e. The summed E-state index contributed by atoms with van der Waals surface area (Å²) in [4.78, 5) is 0.230. The molecule has 2 aromatic rings. The summed E-state index contributed by atoms with van der Waals surface area (Å²) in [5.41, 5.74) is 7.72. The Labute approximate surface area is 132 Å². The van der Waals surface area contributed by atoms with Gasteiger partial charge in [-0.3, -0.25) is 0 Å². The van der Waals surface area contributed by atoms with E-state index in [-0.39, 0.29) is 11.4 Å². The maximum absolute atomic E-state index is 12.7. The molecule has 0 amide bonds. The van der Waals surface area contributed by atoms with E-state index in [0.29, 0.717) is 21.7 Å². The molecule has 0 aliphatic heterocycles. The van der Waals surface area contributed by atoms with E-state index in [1.54, 1.807) is 31.2 Å². The van der Waals surface area contributed by atoms with E-state index in [1.807, 2.05) is 6.92 Å². The maximum atomic E-state index is 12.7. The lowest BCUT2D eigenvalue weighted by molar-refractivity contribution is 0.398. The van der Waals surface area contributed by atoms with Gasteiger partial charge in [0.05, 0.1) is 11.4 Å². The molecule has 0 unspecified atom stereocenters. The standard InChI is InChI=1S/C14H17BrN2O3S/c1-9-6-12(16)10(2)13(7-9)21(18,19)17(3)8-11-4-5-14(15)20-11/h4-7H,8,16H2,1-3H3. The number of halogens is 1. The third kappa shape index (κ3) is 3.30. The Morgan fingerprint density at radius 3 is 2.52 bits per heavy atom. The van der Waals surface area contributed by atoms with Crippen LogP contribution in [0, 0.1) is 13.8 Å². The van der Waals surface area contributed by atoms with Crippen LogP contribution in [0.2, 0.25) is 0 Å². The monoisotopic (exact) mass is 372 g/mol. The van der Waals surface area contributed by atoms with E-state index in [2.05, 4.69) is 15.9 Å². The molecule has 0 aliphatic carbocycles. The van der Waals surface area contributed by atoms with Crippen LogP contribution in [-0.4, -0.2) is 19.8 Å². The molecule has 0 aliphatic rings. The van der Waals surface area contributed by atoms with E-state index in [9.17, 15) is 8.42 Å². The van der Waals surface area contributed by atoms with Crippen molar-refractivity contribution in [3.63, 3.8) is 0 Å². The van der Waals surface area contributed by atoms with Gasteiger partial charge in [-0.15, -0.1) is 0 Å². The Hall–Kier alpha value is -1.31. The van der Waals surface area contributed by atoms with Gasteiger partial charge >= 0.3 is 0 Å². The summed E-state index contributed by atoms with van der Waals surface area (Å²) in [6.45, 7) is 3.68. The first-order valence-corrected chi connectivity index (χ1v) is 8.52. The van der Waals surface area contributed by atoms with E-state index in [1.165, 1.54) is 11.4 Å². The van der Waals surface area contributed by atoms with Crippen LogP contribution in [0.25, 0.3) is 0 Å². The molecule has 0 fully saturated rings. The molecule has 114 valence electrons. The van der Waals surface area contributed by atoms with Crippen LogP contribution in [0.1, 0.15) is 16.9 Å². The van der Waals surface area contributed by atoms with E-state index >= 15 is 0 Å². The Morgan fingerprint density at radius 1 is 1.29 bits per heavy atom. The lowest BCUT2D eigenvalue weighted by Crippen LogP contribution is -2.27. The van der Waals surface area contributed by atoms with E-state index < -0.39 is 10.0 Å². The lowest BCUT2D eigenvalue weighted by Gasteiger charge is -2.18. The minimum Gasteiger partial charge on any atom is -0.453 e. The Bertz CT molecular complexity index is 769. The number of rotatable bonds is 4. The Kier molecular flexibility index (Phi) is 4.46. The summed E-state index contributed by atoms with van der Waals surface area (Å²) < 4.78 is 32.5. The van der Waals surface area contributed by atoms with Crippen LogP contribution in [0.5, 0.6) is 0 Å². The number of furan rings is 1. The second-order valence-electron chi connectivity index (χ2n) is 4.94. The van der Waals surface area contributed by atoms with Crippen molar-refractivity contribution in [2.45, 2.75) is 25.3 Å². The van der Waals surface area contributed by atoms with Crippen LogP contribution in [0.3, 0.4) is 0 Å². The number of benzene rings is 1. The van der Waals surface area contributed by atoms with Crippen molar-refractivity contribution in [2.75, 3.05) is 12.8 Å². The number of anilines is 1. The molecule has 21 heavy (non-hydrogen) atoms. The first-order valence-electron chi connectivity index (χ1n) is 6.29. The minimum absolute atomic E-state index is 0.154. The summed E-state index contributed by atoms with van der Waals surface area (Å²) >= 11 is 3.20. The largest absolute Gasteiger partial charge is 0.453 e. The van der Waals surface area contributed by atoms with Crippen LogP contribution in [0.4, 0.5) is 5.69 Å². The van der Waals surface area contributed by atoms with Crippen molar-refractivity contribution < 1.29 is 12.8 Å². The third-order valence-corrected chi connectivity index (χ3v) is 5.60. The second-order valence-corrected chi connectivity index (χ2v) is 7.74. The van der Waals surface area contributed by atoms with Gasteiger partial charge in [-0.2, -0.15) is 4.31 Å². The SMILES string of the molecule is Cc1cc(N)c(C)c(S(=O)(=O)N(C)Cc2ccc(Br)o2)c1. The molecule has 7 heteroatoms. The molecule has 0 atom stereocenters. The number of aryl methyl sites for hydroxylation is 1. The predicted molar refractivity (Wildman–Crippen MR) is 85.4 cm³/mol. The normalized spacial score (nSPS) is 12.0. The van der Waals surface area contributed by atoms with E-state index in [4.69, 9.17) is 10.2 Å². The minimum atomic E-state index is -3.63. The molecule has 0 bridgehead atoms. The maximum Gasteiger partial charge on any atom is 0.243 e. The molecule has 1 aromatic carbocycles. The second kappa shape index (κ2) is 5.82. The van der Waals surface area contributed by atoms with Gasteiger partial charge in [-0.05, 0) is 65.2 Å². The molecule has 1 aromatic heterocycles. The lowest BCUT2D eigenvalue weighted by atomic mass is 10.1. The highest BCUT2D eigenvalue weighted by Crippen LogP contribution is 2.26. The van der Waals surface area contributed by atoms with Gasteiger partial charge in [0.25, 0.3) is 0 Å². The molecule has 0 saturated carbocycles. The molecule has 5 nitrogen and oxygen atoms in total. The van der Waals surface area contributed by atoms with Crippen molar-refractivity contribution >= 4 is 31.6 Å². The van der Waals surface area contributed by atoms with Gasteiger partial charge in [-0.25, -0.2) is 8.42 Å². The predicted octanol–water partition coefficient (Wildman–Crippen LogP) is 3.06. The highest BCUT2D eigenvalue weighted by Gasteiger charge is 2.25. The molecule has 0 radical (unpaired) electrons. The summed E-state index contributed by atoms with van der Waals surface area (Å²) in [6, 6.07) is 6.85. The summed E-state index contributed by atoms with van der Waals surface area (Å²) in [5.74, 6) is 0.561. The summed E-state index contributed by atoms with van der Waals surface area (Å²) in [5, 5.41) is 0. The summed E-state index contributed by atoms with van der Waals surface area (Å²) in [6.07, 6.45) is 0. The molecule has 2 rings (SSSR count). The van der Waals surface area contributed by atoms with Gasteiger partial charge < -0.3 is 10.2 Å². The number of nitrogens with two attached hydrogens (primary N) is 1. The van der Waals surface area contributed by atoms with Crippen LogP contribution in [-0.2, 0) is 16.6 Å². The van der Waals surface area contributed by atoms with Crippen molar-refractivity contribution in [2.24, 2.45) is 0 Å². The first kappa shape index (κ1) is 16.1. The summed E-state index contributed by atoms with van der Waals surface area (Å²) in [7, 11) is -2.11. The number of sulfonamides is 1. The highest BCUT2D eigenvalue weighted by atomic mass is 79.9. The molecule has 2 N–H and O–H groups in total. The van der Waals surface area contributed by atoms with Crippen molar-refractivity contribution in [1.29, 1.82) is 0 Å². The molecule has 1 heterocycles. The zero-order chi connectivity index (χ0) is 15.8. The van der Waals surface area contributed by atoms with Crippen LogP contribution in [0.15, 0.2) is 38.2 Å². The van der Waals surface area contributed by atoms with Crippen LogP contribution < -0.4 is 5.73 Å². The fourth-order valence-corrected chi connectivity index (χ4v) is 3.84. The number of hydrogen-bond donors (Lipinski definition) is 1. The first-order chi connectivity index (χ1) is 9.71. The third-order valence-electron chi connectivity index (χ3n) is 3.24. The fraction of sp³-hybridized carbons (Fsp3) is 0.286. The van der Waals surface area contributed by atoms with Crippen molar-refractivity contribution in [1.82, 2.24) is 4.31 Å². The van der Waals surface area contributed by atoms with Crippen LogP contribution >= 0.6 is 15.9 Å². The number of hydrogen-bond acceptors (Lipinski definition) is 4. The van der Waals surface area contributed by atoms with Gasteiger partial charge in [0.1, 0.15) is 5.76 Å². The van der Waals surface area contributed by atoms with Gasteiger partial charge in [0, 0.05) is 12.7 Å². The Balaban J connectivity index is 2.37. The number of nitrogen functional groups attached to an aromatic ring is 1. The quantitative estimate of drug-likeness (QED) is 0.836. The highest BCUT2D eigenvalue weighted by molar-refractivity contribution is 9.10. The Morgan fingerprint density at radius 2 is 1.95 bits per heavy atom. The fourth-order valence-electron chi connectivity index (χ4n) is 2.03. The number of nitrogens with zero attached hydrogens (tertiary/aromatic N) is 1. The molecular formula is C14H17BrN2O3S. The van der Waals surface area contributed by atoms with Crippen molar-refractivity contribution in [3.05, 3.63) is 45.8 Å². The van der Waals surface area contributed by atoms with Gasteiger partial charge in [-0.1, -0.05) is 0 Å². The zero-order valence-electron chi connectivity index (χ0n) is 12.1.